The van der Waals surface area contributed by atoms with Crippen molar-refractivity contribution in [3.8, 4) is 5.75 Å². The highest BCUT2D eigenvalue weighted by Crippen LogP contribution is 2.31. The van der Waals surface area contributed by atoms with Crippen molar-refractivity contribution in [2.24, 2.45) is 5.92 Å². The van der Waals surface area contributed by atoms with Crippen molar-refractivity contribution in [3.63, 3.8) is 0 Å². The highest BCUT2D eigenvalue weighted by Gasteiger charge is 2.19. The standard InChI is InChI=1S/C14H18N2O4/c1-9(7-12(17)18)8-16-14(19)10-3-2-4-11-13(10)20-6-5-15-11/h2-4,9,15H,5-8H2,1H3,(H,16,19)(H,17,18). The van der Waals surface area contributed by atoms with Crippen LogP contribution >= 0.6 is 0 Å². The summed E-state index contributed by atoms with van der Waals surface area (Å²) >= 11 is 0. The second kappa shape index (κ2) is 6.27. The Morgan fingerprint density at radius 2 is 2.30 bits per heavy atom. The maximum absolute atomic E-state index is 12.1. The number of amides is 1. The highest BCUT2D eigenvalue weighted by atomic mass is 16.5. The van der Waals surface area contributed by atoms with Gasteiger partial charge in [-0.1, -0.05) is 13.0 Å². The van der Waals surface area contributed by atoms with E-state index in [1.54, 1.807) is 19.1 Å². The van der Waals surface area contributed by atoms with Crippen LogP contribution in [0.1, 0.15) is 23.7 Å². The number of carboxylic acids is 1. The zero-order valence-electron chi connectivity index (χ0n) is 11.3. The molecule has 20 heavy (non-hydrogen) atoms. The SMILES string of the molecule is CC(CNC(=O)c1cccc2c1OCCN2)CC(=O)O. The van der Waals surface area contributed by atoms with Gasteiger partial charge in [0.05, 0.1) is 11.3 Å². The van der Waals surface area contributed by atoms with Gasteiger partial charge >= 0.3 is 5.97 Å². The Labute approximate surface area is 117 Å². The van der Waals surface area contributed by atoms with Gasteiger partial charge in [-0.3, -0.25) is 9.59 Å². The van der Waals surface area contributed by atoms with E-state index < -0.39 is 5.97 Å². The van der Waals surface area contributed by atoms with Gasteiger partial charge < -0.3 is 20.5 Å². The minimum atomic E-state index is -0.864. The first-order valence-electron chi connectivity index (χ1n) is 6.57. The lowest BCUT2D eigenvalue weighted by atomic mass is 10.1. The van der Waals surface area contributed by atoms with Crippen LogP contribution in [0.15, 0.2) is 18.2 Å². The van der Waals surface area contributed by atoms with E-state index in [2.05, 4.69) is 10.6 Å². The van der Waals surface area contributed by atoms with Gasteiger partial charge in [0.15, 0.2) is 5.75 Å². The van der Waals surface area contributed by atoms with Crippen molar-refractivity contribution in [1.82, 2.24) is 5.32 Å². The summed E-state index contributed by atoms with van der Waals surface area (Å²) in [6.45, 7) is 3.34. The number of anilines is 1. The molecule has 6 nitrogen and oxygen atoms in total. The molecular formula is C14H18N2O4. The van der Waals surface area contributed by atoms with Crippen LogP contribution < -0.4 is 15.4 Å². The lowest BCUT2D eigenvalue weighted by Crippen LogP contribution is -2.30. The zero-order chi connectivity index (χ0) is 14.5. The maximum atomic E-state index is 12.1. The molecule has 3 N–H and O–H groups in total. The molecule has 0 saturated carbocycles. The molecule has 1 aliphatic heterocycles. The van der Waals surface area contributed by atoms with Crippen LogP contribution in [-0.4, -0.2) is 36.7 Å². The van der Waals surface area contributed by atoms with E-state index in [0.29, 0.717) is 31.0 Å². The predicted molar refractivity (Wildman–Crippen MR) is 74.2 cm³/mol. The monoisotopic (exact) mass is 278 g/mol. The average molecular weight is 278 g/mol. The minimum absolute atomic E-state index is 0.0330. The third-order valence-corrected chi connectivity index (χ3v) is 3.06. The first-order valence-corrected chi connectivity index (χ1v) is 6.57. The number of ether oxygens (including phenoxy) is 1. The van der Waals surface area contributed by atoms with Crippen molar-refractivity contribution in [1.29, 1.82) is 0 Å². The number of carboxylic acid groups (broad SMARTS) is 1. The molecule has 1 aliphatic rings. The molecule has 108 valence electrons. The zero-order valence-corrected chi connectivity index (χ0v) is 11.3. The van der Waals surface area contributed by atoms with Gasteiger partial charge in [-0.25, -0.2) is 0 Å². The molecular weight excluding hydrogens is 260 g/mol. The van der Waals surface area contributed by atoms with Crippen LogP contribution in [0.4, 0.5) is 5.69 Å². The second-order valence-corrected chi connectivity index (χ2v) is 4.87. The Morgan fingerprint density at radius 1 is 1.50 bits per heavy atom. The minimum Gasteiger partial charge on any atom is -0.489 e. The summed E-state index contributed by atoms with van der Waals surface area (Å²) in [5.41, 5.74) is 1.28. The topological polar surface area (TPSA) is 87.7 Å². The van der Waals surface area contributed by atoms with E-state index in [9.17, 15) is 9.59 Å². The van der Waals surface area contributed by atoms with Crippen molar-refractivity contribution >= 4 is 17.6 Å². The van der Waals surface area contributed by atoms with Crippen LogP contribution in [-0.2, 0) is 4.79 Å². The van der Waals surface area contributed by atoms with Crippen LogP contribution in [0.3, 0.4) is 0 Å². The molecule has 1 aromatic carbocycles. The van der Waals surface area contributed by atoms with Gasteiger partial charge in [0.1, 0.15) is 6.61 Å². The van der Waals surface area contributed by atoms with Gasteiger partial charge in [-0.15, -0.1) is 0 Å². The molecule has 1 unspecified atom stereocenters. The highest BCUT2D eigenvalue weighted by molar-refractivity contribution is 5.99. The fraction of sp³-hybridized carbons (Fsp3) is 0.429. The van der Waals surface area contributed by atoms with Crippen LogP contribution in [0.2, 0.25) is 0 Å². The number of hydrogen-bond donors (Lipinski definition) is 3. The van der Waals surface area contributed by atoms with Crippen molar-refractivity contribution in [2.45, 2.75) is 13.3 Å². The fourth-order valence-corrected chi connectivity index (χ4v) is 2.08. The third kappa shape index (κ3) is 3.40. The van der Waals surface area contributed by atoms with E-state index in [1.165, 1.54) is 0 Å². The molecule has 0 fully saturated rings. The summed E-state index contributed by atoms with van der Waals surface area (Å²) in [4.78, 5) is 22.7. The Morgan fingerprint density at radius 3 is 3.05 bits per heavy atom. The predicted octanol–water partition coefficient (Wildman–Crippen LogP) is 1.33. The number of carbonyl (C=O) groups is 2. The summed E-state index contributed by atoms with van der Waals surface area (Å²) in [7, 11) is 0. The molecule has 0 saturated heterocycles. The number of fused-ring (bicyclic) bond motifs is 1. The number of rotatable bonds is 5. The van der Waals surface area contributed by atoms with Crippen LogP contribution in [0.5, 0.6) is 5.75 Å². The summed E-state index contributed by atoms with van der Waals surface area (Å²) in [6, 6.07) is 5.34. The number of nitrogens with one attached hydrogen (secondary N) is 2. The molecule has 0 radical (unpaired) electrons. The molecule has 0 aliphatic carbocycles. The van der Waals surface area contributed by atoms with Gasteiger partial charge in [-0.2, -0.15) is 0 Å². The Balaban J connectivity index is 2.01. The summed E-state index contributed by atoms with van der Waals surface area (Å²) in [6.07, 6.45) is 0.0330. The smallest absolute Gasteiger partial charge is 0.303 e. The number of benzene rings is 1. The first kappa shape index (κ1) is 14.2. The van der Waals surface area contributed by atoms with Crippen molar-refractivity contribution in [3.05, 3.63) is 23.8 Å². The molecule has 1 amide bonds. The van der Waals surface area contributed by atoms with Crippen LogP contribution in [0.25, 0.3) is 0 Å². The Hall–Kier alpha value is -2.24. The van der Waals surface area contributed by atoms with Crippen molar-refractivity contribution < 1.29 is 19.4 Å². The molecule has 6 heteroatoms. The molecule has 0 aromatic heterocycles. The molecule has 1 heterocycles. The normalized spacial score (nSPS) is 14.4. The van der Waals surface area contributed by atoms with Gasteiger partial charge in [0.25, 0.3) is 5.91 Å². The van der Waals surface area contributed by atoms with E-state index in [1.807, 2.05) is 6.07 Å². The van der Waals surface area contributed by atoms with E-state index >= 15 is 0 Å². The summed E-state index contributed by atoms with van der Waals surface area (Å²) < 4.78 is 5.53. The molecule has 1 aromatic rings. The average Bonchev–Trinajstić information content (AvgIpc) is 2.43. The lowest BCUT2D eigenvalue weighted by Gasteiger charge is -2.21. The van der Waals surface area contributed by atoms with E-state index in [4.69, 9.17) is 9.84 Å². The fourth-order valence-electron chi connectivity index (χ4n) is 2.08. The van der Waals surface area contributed by atoms with E-state index in [0.717, 1.165) is 5.69 Å². The van der Waals surface area contributed by atoms with Gasteiger partial charge in [0.2, 0.25) is 0 Å². The number of hydrogen-bond acceptors (Lipinski definition) is 4. The summed E-state index contributed by atoms with van der Waals surface area (Å²) in [5, 5.41) is 14.6. The number of para-hydroxylation sites is 1. The largest absolute Gasteiger partial charge is 0.489 e. The maximum Gasteiger partial charge on any atom is 0.303 e. The second-order valence-electron chi connectivity index (χ2n) is 4.87. The quantitative estimate of drug-likeness (QED) is 0.756. The van der Waals surface area contributed by atoms with Crippen LogP contribution in [0, 0.1) is 5.92 Å². The number of carbonyl (C=O) groups excluding carboxylic acids is 1. The Kier molecular flexibility index (Phi) is 4.45. The van der Waals surface area contributed by atoms with Gasteiger partial charge in [0, 0.05) is 19.5 Å². The molecule has 0 bridgehead atoms. The molecule has 2 rings (SSSR count). The first-order chi connectivity index (χ1) is 9.58. The summed E-state index contributed by atoms with van der Waals surface area (Å²) in [5.74, 6) is -0.670. The Bertz CT molecular complexity index is 516. The number of aliphatic carboxylic acids is 1. The molecule has 1 atom stereocenters. The molecule has 0 spiro atoms. The lowest BCUT2D eigenvalue weighted by molar-refractivity contribution is -0.137. The van der Waals surface area contributed by atoms with E-state index in [-0.39, 0.29) is 18.2 Å². The van der Waals surface area contributed by atoms with Crippen molar-refractivity contribution in [2.75, 3.05) is 25.0 Å². The van der Waals surface area contributed by atoms with Gasteiger partial charge in [-0.05, 0) is 18.1 Å². The third-order valence-electron chi connectivity index (χ3n) is 3.06.